The molecule has 42 valence electrons. The zero-order valence-corrected chi connectivity index (χ0v) is 4.69. The molecular weight excluding hydrogens is 214 g/mol. The van der Waals surface area contributed by atoms with Crippen molar-refractivity contribution < 1.29 is 45.7 Å². The van der Waals surface area contributed by atoms with E-state index in [1.165, 1.54) is 0 Å². The van der Waals surface area contributed by atoms with Crippen LogP contribution in [0.25, 0.3) is 0 Å². The first-order chi connectivity index (χ1) is 2.00. The van der Waals surface area contributed by atoms with Crippen molar-refractivity contribution in [2.75, 3.05) is 0 Å². The van der Waals surface area contributed by atoms with Gasteiger partial charge in [-0.05, 0) is 0 Å². The van der Waals surface area contributed by atoms with Crippen LogP contribution >= 0.6 is 0 Å². The first-order valence-electron chi connectivity index (χ1n) is 0.632. The molecule has 0 atom stereocenters. The van der Waals surface area contributed by atoms with Crippen LogP contribution in [0, 0.1) is 0 Å². The van der Waals surface area contributed by atoms with E-state index in [1.807, 2.05) is 0 Å². The standard InChI is InChI=1S/Fe.K.Mn.H2O.3O.H/h;;;1H2;;;;/q;;+1;;;;;/p-1. The van der Waals surface area contributed by atoms with E-state index >= 15 is 0 Å². The Morgan fingerprint density at radius 2 is 1.14 bits per heavy atom. The summed E-state index contributed by atoms with van der Waals surface area (Å²) in [5.41, 5.74) is 0. The van der Waals surface area contributed by atoms with Gasteiger partial charge in [-0.2, -0.15) is 0 Å². The molecular formula is H2FeKMnO4. The van der Waals surface area contributed by atoms with Crippen molar-refractivity contribution in [3.63, 3.8) is 0 Å². The van der Waals surface area contributed by atoms with Crippen molar-refractivity contribution in [1.82, 2.24) is 0 Å². The van der Waals surface area contributed by atoms with Crippen LogP contribution in [0.5, 0.6) is 0 Å². The SMILES string of the molecule is [Fe].[KH].[O]=[Mn](=[O])(=[O])[OH]. The van der Waals surface area contributed by atoms with E-state index in [2.05, 4.69) is 0 Å². The van der Waals surface area contributed by atoms with Crippen LogP contribution in [-0.4, -0.2) is 55.6 Å². The molecule has 0 radical (unpaired) electrons. The molecule has 0 aromatic rings. The van der Waals surface area contributed by atoms with Crippen LogP contribution in [0.3, 0.4) is 0 Å². The summed E-state index contributed by atoms with van der Waals surface area (Å²) >= 11 is -5.38. The van der Waals surface area contributed by atoms with Gasteiger partial charge in [0.2, 0.25) is 0 Å². The van der Waals surface area contributed by atoms with E-state index in [0.29, 0.717) is 0 Å². The third-order valence-electron chi connectivity index (χ3n) is 0. The van der Waals surface area contributed by atoms with Crippen molar-refractivity contribution in [3.05, 3.63) is 0 Å². The third kappa shape index (κ3) is 70.7. The summed E-state index contributed by atoms with van der Waals surface area (Å²) < 4.78 is 33.1. The maximum atomic E-state index is 8.69. The van der Waals surface area contributed by atoms with Gasteiger partial charge in [-0.1, -0.05) is 0 Å². The van der Waals surface area contributed by atoms with Crippen molar-refractivity contribution in [2.24, 2.45) is 0 Å². The van der Waals surface area contributed by atoms with Crippen LogP contribution in [0.1, 0.15) is 0 Å². The Labute approximate surface area is 95.1 Å². The molecule has 0 bridgehead atoms. The second kappa shape index (κ2) is 6.16. The third-order valence-corrected chi connectivity index (χ3v) is 0. The fourth-order valence-corrected chi connectivity index (χ4v) is 0. The van der Waals surface area contributed by atoms with Gasteiger partial charge in [-0.3, -0.25) is 0 Å². The van der Waals surface area contributed by atoms with E-state index in [4.69, 9.17) is 15.7 Å². The first kappa shape index (κ1) is 16.0. The summed E-state index contributed by atoms with van der Waals surface area (Å²) in [4.78, 5) is 0. The maximum absolute atomic E-state index is 8.69. The molecule has 7 heteroatoms. The molecule has 0 aromatic carbocycles. The Morgan fingerprint density at radius 1 is 1.14 bits per heavy atom. The van der Waals surface area contributed by atoms with Gasteiger partial charge in [0.05, 0.1) is 0 Å². The quantitative estimate of drug-likeness (QED) is 0.496. The summed E-state index contributed by atoms with van der Waals surface area (Å²) in [6.07, 6.45) is 0. The monoisotopic (exact) mass is 216 g/mol. The van der Waals surface area contributed by atoms with Crippen LogP contribution in [-0.2, 0) is 41.5 Å². The van der Waals surface area contributed by atoms with Crippen LogP contribution in [0.2, 0.25) is 0 Å². The van der Waals surface area contributed by atoms with Gasteiger partial charge in [0, 0.05) is 17.1 Å². The fourth-order valence-electron chi connectivity index (χ4n) is 0. The van der Waals surface area contributed by atoms with Crippen molar-refractivity contribution in [1.29, 1.82) is 0 Å². The number of rotatable bonds is 0. The number of hydrogen-bond acceptors (Lipinski definition) is 3. The summed E-state index contributed by atoms with van der Waals surface area (Å²) in [6, 6.07) is 0. The van der Waals surface area contributed by atoms with Gasteiger partial charge in [-0.15, -0.1) is 0 Å². The molecule has 0 fully saturated rings. The molecule has 0 aliphatic rings. The van der Waals surface area contributed by atoms with Gasteiger partial charge < -0.3 is 0 Å². The molecule has 0 unspecified atom stereocenters. The average Bonchev–Trinajstić information content (AvgIpc) is 0.722. The van der Waals surface area contributed by atoms with E-state index in [0.717, 1.165) is 0 Å². The first-order valence-corrected chi connectivity index (χ1v) is 2.61. The van der Waals surface area contributed by atoms with E-state index in [-0.39, 0.29) is 68.5 Å². The zero-order chi connectivity index (χ0) is 4.50. The zero-order valence-electron chi connectivity index (χ0n) is 2.40. The molecule has 0 aliphatic carbocycles. The Kier molecular flexibility index (Phi) is 14.1. The fraction of sp³-hybridized carbons (Fsp3) is 0. The molecule has 7 heavy (non-hydrogen) atoms. The molecule has 0 saturated heterocycles. The van der Waals surface area contributed by atoms with Crippen LogP contribution in [0.15, 0.2) is 0 Å². The van der Waals surface area contributed by atoms with Gasteiger partial charge in [0.1, 0.15) is 0 Å². The molecule has 0 saturated carbocycles. The molecule has 0 heterocycles. The predicted molar refractivity (Wildman–Crippen MR) is 11.4 cm³/mol. The Hall–Kier alpha value is 2.04. The predicted octanol–water partition coefficient (Wildman–Crippen LogP) is -1.57. The normalized spacial score (nSPS) is 8.14. The van der Waals surface area contributed by atoms with Crippen molar-refractivity contribution in [3.8, 4) is 0 Å². The molecule has 0 aromatic heterocycles. The second-order valence-electron chi connectivity index (χ2n) is 0.396. The van der Waals surface area contributed by atoms with E-state index < -0.39 is 13.0 Å². The number of hydrogen-bond donors (Lipinski definition) is 1. The summed E-state index contributed by atoms with van der Waals surface area (Å²) in [6.45, 7) is 0. The van der Waals surface area contributed by atoms with Crippen LogP contribution in [0.4, 0.5) is 0 Å². The van der Waals surface area contributed by atoms with Crippen molar-refractivity contribution >= 4 is 51.4 Å². The Bertz CT molecular complexity index is 133. The van der Waals surface area contributed by atoms with Gasteiger partial charge in [0.25, 0.3) is 0 Å². The summed E-state index contributed by atoms with van der Waals surface area (Å²) in [5, 5.41) is 0. The minimum atomic E-state index is -5.38. The molecule has 0 rings (SSSR count). The van der Waals surface area contributed by atoms with Gasteiger partial charge in [0.15, 0.2) is 0 Å². The molecule has 0 aliphatic heterocycles. The van der Waals surface area contributed by atoms with E-state index in [9.17, 15) is 0 Å². The average molecular weight is 216 g/mol. The van der Waals surface area contributed by atoms with Crippen molar-refractivity contribution in [2.45, 2.75) is 0 Å². The van der Waals surface area contributed by atoms with Gasteiger partial charge >= 0.3 is 80.0 Å². The molecule has 0 amide bonds. The summed E-state index contributed by atoms with van der Waals surface area (Å²) in [7, 11) is 0. The molecule has 4 nitrogen and oxygen atoms in total. The summed E-state index contributed by atoms with van der Waals surface area (Å²) in [5.74, 6) is 0. The molecule has 0 spiro atoms. The van der Waals surface area contributed by atoms with E-state index in [1.54, 1.807) is 0 Å². The topological polar surface area (TPSA) is 71.4 Å². The minimum absolute atomic E-state index is 0. The second-order valence-corrected chi connectivity index (χ2v) is 1.63. The molecule has 1 N–H and O–H groups in total. The Morgan fingerprint density at radius 3 is 1.14 bits per heavy atom. The van der Waals surface area contributed by atoms with Gasteiger partial charge in [-0.25, -0.2) is 0 Å². The Balaban J connectivity index is -0.0000000800. The van der Waals surface area contributed by atoms with Crippen LogP contribution < -0.4 is 0 Å².